The Morgan fingerprint density at radius 2 is 2.62 bits per heavy atom. The number of rotatable bonds is 2. The molecule has 1 unspecified atom stereocenters. The average molecular weight is 204 g/mol. The minimum absolute atomic E-state index is 0.182. The van der Waals surface area contributed by atoms with Crippen molar-refractivity contribution in [1.29, 1.82) is 0 Å². The lowest BCUT2D eigenvalue weighted by Gasteiger charge is -2.23. The van der Waals surface area contributed by atoms with Crippen molar-refractivity contribution in [2.75, 3.05) is 6.61 Å². The molecule has 0 bridgehead atoms. The second kappa shape index (κ2) is 3.66. The molecule has 1 aliphatic rings. The van der Waals surface area contributed by atoms with E-state index in [1.807, 2.05) is 0 Å². The van der Waals surface area contributed by atoms with Gasteiger partial charge >= 0.3 is 11.1 Å². The van der Waals surface area contributed by atoms with Gasteiger partial charge in [-0.15, -0.1) is 0 Å². The van der Waals surface area contributed by atoms with E-state index in [9.17, 15) is 4.79 Å². The fraction of sp³-hybridized carbons (Fsp3) is 0.429. The summed E-state index contributed by atoms with van der Waals surface area (Å²) in [5, 5.41) is 0.951. The summed E-state index contributed by atoms with van der Waals surface area (Å²) in [6, 6.07) is 0. The molecule has 0 amide bonds. The van der Waals surface area contributed by atoms with Gasteiger partial charge in [-0.3, -0.25) is 0 Å². The molecule has 72 valence electrons. The Morgan fingerprint density at radius 1 is 1.92 bits per heavy atom. The number of nitrogens with zero attached hydrogens (tertiary/aromatic N) is 1. The molecule has 0 aromatic heterocycles. The van der Waals surface area contributed by atoms with Gasteiger partial charge in [0.2, 0.25) is 0 Å². The molecular formula is C7H10ClN3O2. The van der Waals surface area contributed by atoms with E-state index in [1.54, 1.807) is 6.92 Å². The molecule has 0 spiro atoms. The number of halogens is 1. The highest BCUT2D eigenvalue weighted by atomic mass is 35.5. The van der Waals surface area contributed by atoms with Crippen LogP contribution in [0.25, 0.3) is 0 Å². The van der Waals surface area contributed by atoms with Gasteiger partial charge in [0, 0.05) is 6.20 Å². The summed E-state index contributed by atoms with van der Waals surface area (Å²) in [6.45, 7) is 1.93. The Morgan fingerprint density at radius 3 is 3.15 bits per heavy atom. The third-order valence-electron chi connectivity index (χ3n) is 1.36. The van der Waals surface area contributed by atoms with E-state index >= 15 is 0 Å². The molecule has 0 saturated heterocycles. The largest absolute Gasteiger partial charge is 0.462 e. The van der Waals surface area contributed by atoms with E-state index in [2.05, 4.69) is 10.3 Å². The third kappa shape index (κ3) is 2.12. The number of amidine groups is 1. The number of nitrogens with two attached hydrogens (primary N) is 1. The van der Waals surface area contributed by atoms with Crippen molar-refractivity contribution in [1.82, 2.24) is 5.32 Å². The van der Waals surface area contributed by atoms with Gasteiger partial charge in [-0.2, -0.15) is 0 Å². The van der Waals surface area contributed by atoms with Crippen molar-refractivity contribution in [2.45, 2.75) is 12.0 Å². The highest BCUT2D eigenvalue weighted by Gasteiger charge is 2.38. The predicted octanol–water partition coefficient (Wildman–Crippen LogP) is -0.0838. The van der Waals surface area contributed by atoms with Gasteiger partial charge in [0.05, 0.1) is 6.61 Å². The second-order valence-corrected chi connectivity index (χ2v) is 2.90. The molecule has 6 heteroatoms. The maximum Gasteiger partial charge on any atom is 0.371 e. The quantitative estimate of drug-likeness (QED) is 0.374. The molecule has 3 N–H and O–H groups in total. The molecule has 0 radical (unpaired) electrons. The van der Waals surface area contributed by atoms with Gasteiger partial charge in [0.15, 0.2) is 0 Å². The van der Waals surface area contributed by atoms with Crippen molar-refractivity contribution in [2.24, 2.45) is 10.7 Å². The Hall–Kier alpha value is -1.23. The zero-order chi connectivity index (χ0) is 9.90. The van der Waals surface area contributed by atoms with E-state index < -0.39 is 11.1 Å². The van der Waals surface area contributed by atoms with E-state index in [0.717, 1.165) is 0 Å². The van der Waals surface area contributed by atoms with E-state index in [0.29, 0.717) is 0 Å². The SMILES string of the molecule is CCOC(=O)C1(Cl)N=C(N)C=CN1. The molecule has 0 fully saturated rings. The Balaban J connectivity index is 2.77. The third-order valence-corrected chi connectivity index (χ3v) is 1.71. The van der Waals surface area contributed by atoms with Gasteiger partial charge in [0.1, 0.15) is 5.84 Å². The van der Waals surface area contributed by atoms with Crippen LogP contribution in [0.2, 0.25) is 0 Å². The first-order valence-electron chi connectivity index (χ1n) is 3.74. The zero-order valence-corrected chi connectivity index (χ0v) is 7.84. The topological polar surface area (TPSA) is 76.7 Å². The lowest BCUT2D eigenvalue weighted by atomic mass is 10.4. The fourth-order valence-corrected chi connectivity index (χ4v) is 1.03. The first-order chi connectivity index (χ1) is 6.08. The van der Waals surface area contributed by atoms with Crippen molar-refractivity contribution < 1.29 is 9.53 Å². The van der Waals surface area contributed by atoms with Crippen LogP contribution in [0.5, 0.6) is 0 Å². The molecular weight excluding hydrogens is 194 g/mol. The van der Waals surface area contributed by atoms with Crippen molar-refractivity contribution >= 4 is 23.4 Å². The summed E-state index contributed by atoms with van der Waals surface area (Å²) in [7, 11) is 0. The minimum atomic E-state index is -1.60. The molecule has 1 aliphatic heterocycles. The van der Waals surface area contributed by atoms with Gasteiger partial charge in [0.25, 0.3) is 0 Å². The standard InChI is InChI=1S/C7H10ClN3O2/c1-2-13-6(12)7(8)10-4-3-5(9)11-7/h3-4,10H,2H2,1H3,(H2,9,11). The Labute approximate surface area is 80.6 Å². The normalized spacial score (nSPS) is 26.2. The van der Waals surface area contributed by atoms with Crippen LogP contribution in [0.4, 0.5) is 0 Å². The van der Waals surface area contributed by atoms with Crippen molar-refractivity contribution in [3.05, 3.63) is 12.3 Å². The minimum Gasteiger partial charge on any atom is -0.462 e. The van der Waals surface area contributed by atoms with Gasteiger partial charge in [-0.05, 0) is 13.0 Å². The van der Waals surface area contributed by atoms with Crippen LogP contribution < -0.4 is 11.1 Å². The number of hydrogen-bond acceptors (Lipinski definition) is 5. The molecule has 0 aromatic carbocycles. The number of nitrogens with one attached hydrogen (secondary N) is 1. The number of carbonyl (C=O) groups excluding carboxylic acids is 1. The molecule has 0 saturated carbocycles. The van der Waals surface area contributed by atoms with Gasteiger partial charge in [-0.1, -0.05) is 11.6 Å². The molecule has 5 nitrogen and oxygen atoms in total. The van der Waals surface area contributed by atoms with Crippen LogP contribution in [-0.4, -0.2) is 23.5 Å². The van der Waals surface area contributed by atoms with Crippen LogP contribution in [0.1, 0.15) is 6.92 Å². The number of hydrogen-bond donors (Lipinski definition) is 2. The average Bonchev–Trinajstić information content (AvgIpc) is 2.04. The smallest absolute Gasteiger partial charge is 0.371 e. The number of ether oxygens (including phenoxy) is 1. The highest BCUT2D eigenvalue weighted by Crippen LogP contribution is 2.17. The number of aliphatic imine (C=N–C) groups is 1. The first kappa shape index (κ1) is 9.85. The molecule has 0 aliphatic carbocycles. The molecule has 1 atom stereocenters. The van der Waals surface area contributed by atoms with Crippen LogP contribution in [0.15, 0.2) is 17.3 Å². The van der Waals surface area contributed by atoms with Crippen LogP contribution in [-0.2, 0) is 9.53 Å². The molecule has 1 heterocycles. The van der Waals surface area contributed by atoms with E-state index in [-0.39, 0.29) is 12.4 Å². The molecule has 0 aromatic rings. The summed E-state index contributed by atoms with van der Waals surface area (Å²) in [5.74, 6) is -0.481. The molecule has 13 heavy (non-hydrogen) atoms. The first-order valence-corrected chi connectivity index (χ1v) is 4.12. The lowest BCUT2D eigenvalue weighted by molar-refractivity contribution is -0.146. The van der Waals surface area contributed by atoms with E-state index in [1.165, 1.54) is 12.3 Å². The summed E-state index contributed by atoms with van der Waals surface area (Å²) >= 11 is 5.79. The lowest BCUT2D eigenvalue weighted by Crippen LogP contribution is -2.47. The predicted molar refractivity (Wildman–Crippen MR) is 49.1 cm³/mol. The summed E-state index contributed by atoms with van der Waals surface area (Å²) < 4.78 is 4.70. The van der Waals surface area contributed by atoms with Gasteiger partial charge in [-0.25, -0.2) is 9.79 Å². The monoisotopic (exact) mass is 203 g/mol. The number of alkyl halides is 1. The van der Waals surface area contributed by atoms with Gasteiger partial charge < -0.3 is 15.8 Å². The summed E-state index contributed by atoms with van der Waals surface area (Å²) in [4.78, 5) is 15.0. The summed E-state index contributed by atoms with van der Waals surface area (Å²) in [6.07, 6.45) is 2.95. The number of carbonyl (C=O) groups is 1. The van der Waals surface area contributed by atoms with Crippen molar-refractivity contribution in [3.8, 4) is 0 Å². The Kier molecular flexibility index (Phi) is 2.77. The molecule has 1 rings (SSSR count). The fourth-order valence-electron chi connectivity index (χ4n) is 0.816. The van der Waals surface area contributed by atoms with Crippen LogP contribution >= 0.6 is 11.6 Å². The van der Waals surface area contributed by atoms with Crippen molar-refractivity contribution in [3.63, 3.8) is 0 Å². The Bertz CT molecular complexity index is 277. The zero-order valence-electron chi connectivity index (χ0n) is 7.08. The summed E-state index contributed by atoms with van der Waals surface area (Å²) in [5.41, 5.74) is 5.38. The van der Waals surface area contributed by atoms with Crippen LogP contribution in [0, 0.1) is 0 Å². The number of esters is 1. The maximum absolute atomic E-state index is 11.3. The van der Waals surface area contributed by atoms with E-state index in [4.69, 9.17) is 22.1 Å². The maximum atomic E-state index is 11.3. The second-order valence-electron chi connectivity index (χ2n) is 2.36. The highest BCUT2D eigenvalue weighted by molar-refractivity contribution is 6.34. The van der Waals surface area contributed by atoms with Crippen LogP contribution in [0.3, 0.4) is 0 Å².